The number of nitriles is 1. The van der Waals surface area contributed by atoms with E-state index in [-0.39, 0.29) is 0 Å². The molecule has 0 radical (unpaired) electrons. The SMILES string of the molecule is N#Cc1cccc(Sc2nnc(NC3CC3)s2)n1. The van der Waals surface area contributed by atoms with Gasteiger partial charge in [0.25, 0.3) is 0 Å². The number of hydrogen-bond donors (Lipinski definition) is 1. The number of nitrogens with one attached hydrogen (secondary N) is 1. The van der Waals surface area contributed by atoms with Crippen molar-refractivity contribution in [2.75, 3.05) is 5.32 Å². The highest BCUT2D eigenvalue weighted by Gasteiger charge is 2.22. The van der Waals surface area contributed by atoms with Gasteiger partial charge in [-0.3, -0.25) is 0 Å². The second-order valence-corrected chi connectivity index (χ2v) is 6.11. The molecule has 90 valence electrons. The quantitative estimate of drug-likeness (QED) is 0.924. The number of nitrogens with zero attached hydrogens (tertiary/aromatic N) is 4. The van der Waals surface area contributed by atoms with Crippen molar-refractivity contribution >= 4 is 28.2 Å². The van der Waals surface area contributed by atoms with E-state index in [1.54, 1.807) is 6.07 Å². The standard InChI is InChI=1S/C11H9N5S2/c12-6-8-2-1-3-9(13-8)17-11-16-15-10(18-11)14-7-4-5-7/h1-3,7H,4-5H2,(H,14,15). The summed E-state index contributed by atoms with van der Waals surface area (Å²) < 4.78 is 0.834. The molecule has 1 saturated carbocycles. The number of anilines is 1. The molecule has 18 heavy (non-hydrogen) atoms. The van der Waals surface area contributed by atoms with E-state index in [0.29, 0.717) is 11.7 Å². The minimum absolute atomic E-state index is 0.417. The van der Waals surface area contributed by atoms with Crippen molar-refractivity contribution in [2.45, 2.75) is 28.2 Å². The molecule has 2 heterocycles. The molecule has 0 bridgehead atoms. The zero-order chi connectivity index (χ0) is 12.4. The van der Waals surface area contributed by atoms with Crippen molar-refractivity contribution in [3.63, 3.8) is 0 Å². The van der Waals surface area contributed by atoms with Crippen LogP contribution in [-0.4, -0.2) is 21.2 Å². The molecule has 0 saturated heterocycles. The molecule has 1 aliphatic rings. The Morgan fingerprint density at radius 1 is 1.39 bits per heavy atom. The number of aromatic nitrogens is 3. The second-order valence-electron chi connectivity index (χ2n) is 3.87. The van der Waals surface area contributed by atoms with Crippen LogP contribution in [0.25, 0.3) is 0 Å². The molecule has 1 fully saturated rings. The summed E-state index contributed by atoms with van der Waals surface area (Å²) in [7, 11) is 0. The fourth-order valence-electron chi connectivity index (χ4n) is 1.34. The third-order valence-corrected chi connectivity index (χ3v) is 4.18. The second kappa shape index (κ2) is 4.92. The molecule has 1 N–H and O–H groups in total. The smallest absolute Gasteiger partial charge is 0.206 e. The first-order valence-electron chi connectivity index (χ1n) is 5.48. The molecule has 2 aromatic heterocycles. The van der Waals surface area contributed by atoms with Crippen LogP contribution < -0.4 is 5.32 Å². The van der Waals surface area contributed by atoms with Crippen molar-refractivity contribution < 1.29 is 0 Å². The first kappa shape index (κ1) is 11.4. The van der Waals surface area contributed by atoms with Crippen molar-refractivity contribution in [2.24, 2.45) is 0 Å². The van der Waals surface area contributed by atoms with Crippen LogP contribution in [-0.2, 0) is 0 Å². The van der Waals surface area contributed by atoms with Crippen molar-refractivity contribution in [3.05, 3.63) is 23.9 Å². The zero-order valence-corrected chi connectivity index (χ0v) is 11.0. The van der Waals surface area contributed by atoms with Gasteiger partial charge in [0.15, 0.2) is 4.34 Å². The molecule has 0 spiro atoms. The lowest BCUT2D eigenvalue weighted by Gasteiger charge is -1.96. The molecule has 2 aromatic rings. The van der Waals surface area contributed by atoms with E-state index < -0.39 is 0 Å². The lowest BCUT2D eigenvalue weighted by molar-refractivity contribution is 0.990. The Labute approximate surface area is 112 Å². The van der Waals surface area contributed by atoms with Crippen LogP contribution in [0.15, 0.2) is 27.6 Å². The molecular formula is C11H9N5S2. The number of hydrogen-bond acceptors (Lipinski definition) is 7. The van der Waals surface area contributed by atoms with Crippen LogP contribution in [0.1, 0.15) is 18.5 Å². The molecule has 5 nitrogen and oxygen atoms in total. The average molecular weight is 275 g/mol. The topological polar surface area (TPSA) is 74.5 Å². The molecule has 0 aliphatic heterocycles. The minimum Gasteiger partial charge on any atom is -0.357 e. The Bertz CT molecular complexity index is 599. The summed E-state index contributed by atoms with van der Waals surface area (Å²) in [6.07, 6.45) is 2.43. The van der Waals surface area contributed by atoms with Crippen molar-refractivity contribution in [1.29, 1.82) is 5.26 Å². The molecule has 3 rings (SSSR count). The normalized spacial score (nSPS) is 14.2. The van der Waals surface area contributed by atoms with Gasteiger partial charge in [0.2, 0.25) is 5.13 Å². The van der Waals surface area contributed by atoms with Gasteiger partial charge in [0.05, 0.1) is 0 Å². The molecule has 0 amide bonds. The van der Waals surface area contributed by atoms with Gasteiger partial charge in [-0.2, -0.15) is 5.26 Å². The van der Waals surface area contributed by atoms with Gasteiger partial charge in [-0.15, -0.1) is 10.2 Å². The van der Waals surface area contributed by atoms with Crippen LogP contribution in [0.4, 0.5) is 5.13 Å². The first-order valence-corrected chi connectivity index (χ1v) is 7.12. The van der Waals surface area contributed by atoms with Gasteiger partial charge in [0, 0.05) is 6.04 Å². The van der Waals surface area contributed by atoms with E-state index in [1.165, 1.54) is 35.9 Å². The Morgan fingerprint density at radius 3 is 3.06 bits per heavy atom. The van der Waals surface area contributed by atoms with Crippen LogP contribution in [0.2, 0.25) is 0 Å². The van der Waals surface area contributed by atoms with Crippen LogP contribution in [0.3, 0.4) is 0 Å². The largest absolute Gasteiger partial charge is 0.357 e. The zero-order valence-electron chi connectivity index (χ0n) is 9.33. The van der Waals surface area contributed by atoms with E-state index in [4.69, 9.17) is 5.26 Å². The lowest BCUT2D eigenvalue weighted by Crippen LogP contribution is -1.99. The van der Waals surface area contributed by atoms with E-state index >= 15 is 0 Å². The maximum absolute atomic E-state index is 8.78. The molecule has 0 aromatic carbocycles. The molecule has 1 aliphatic carbocycles. The monoisotopic (exact) mass is 275 g/mol. The minimum atomic E-state index is 0.417. The number of rotatable bonds is 4. The van der Waals surface area contributed by atoms with Crippen LogP contribution >= 0.6 is 23.1 Å². The van der Waals surface area contributed by atoms with Gasteiger partial charge in [-0.05, 0) is 36.7 Å². The van der Waals surface area contributed by atoms with E-state index in [9.17, 15) is 0 Å². The summed E-state index contributed by atoms with van der Waals surface area (Å²) in [6.45, 7) is 0. The van der Waals surface area contributed by atoms with E-state index in [1.807, 2.05) is 18.2 Å². The Kier molecular flexibility index (Phi) is 3.13. The average Bonchev–Trinajstić information content (AvgIpc) is 3.09. The maximum Gasteiger partial charge on any atom is 0.206 e. The highest BCUT2D eigenvalue weighted by Crippen LogP contribution is 2.33. The Morgan fingerprint density at radius 2 is 2.28 bits per heavy atom. The summed E-state index contributed by atoms with van der Waals surface area (Å²) in [5.41, 5.74) is 0.417. The molecule has 7 heteroatoms. The van der Waals surface area contributed by atoms with Gasteiger partial charge in [-0.25, -0.2) is 4.98 Å². The van der Waals surface area contributed by atoms with Gasteiger partial charge < -0.3 is 5.32 Å². The fraction of sp³-hybridized carbons (Fsp3) is 0.273. The Balaban J connectivity index is 1.71. The summed E-state index contributed by atoms with van der Waals surface area (Å²) >= 11 is 2.94. The van der Waals surface area contributed by atoms with Crippen LogP contribution in [0, 0.1) is 11.3 Å². The first-order chi connectivity index (χ1) is 8.83. The predicted octanol–water partition coefficient (Wildman–Crippen LogP) is 2.53. The van der Waals surface area contributed by atoms with Crippen LogP contribution in [0.5, 0.6) is 0 Å². The van der Waals surface area contributed by atoms with E-state index in [0.717, 1.165) is 14.5 Å². The summed E-state index contributed by atoms with van der Waals surface area (Å²) in [6, 6.07) is 7.97. The van der Waals surface area contributed by atoms with Gasteiger partial charge >= 0.3 is 0 Å². The summed E-state index contributed by atoms with van der Waals surface area (Å²) in [5, 5.41) is 21.9. The molecule has 0 unspecified atom stereocenters. The fourth-order valence-corrected chi connectivity index (χ4v) is 3.10. The molecular weight excluding hydrogens is 266 g/mol. The third kappa shape index (κ3) is 2.78. The third-order valence-electron chi connectivity index (χ3n) is 2.34. The van der Waals surface area contributed by atoms with E-state index in [2.05, 4.69) is 20.5 Å². The van der Waals surface area contributed by atoms with Crippen molar-refractivity contribution in [3.8, 4) is 6.07 Å². The van der Waals surface area contributed by atoms with Crippen molar-refractivity contribution in [1.82, 2.24) is 15.2 Å². The van der Waals surface area contributed by atoms with Gasteiger partial charge in [-0.1, -0.05) is 17.4 Å². The Hall–Kier alpha value is -1.65. The maximum atomic E-state index is 8.78. The predicted molar refractivity (Wildman–Crippen MR) is 69.6 cm³/mol. The number of pyridine rings is 1. The highest BCUT2D eigenvalue weighted by molar-refractivity contribution is 8.01. The van der Waals surface area contributed by atoms with Gasteiger partial charge in [0.1, 0.15) is 16.8 Å². The molecule has 0 atom stereocenters. The highest BCUT2D eigenvalue weighted by atomic mass is 32.2. The lowest BCUT2D eigenvalue weighted by atomic mass is 10.4. The summed E-state index contributed by atoms with van der Waals surface area (Å²) in [5.74, 6) is 0. The summed E-state index contributed by atoms with van der Waals surface area (Å²) in [4.78, 5) is 4.19.